The minimum atomic E-state index is -0.316. The van der Waals surface area contributed by atoms with Gasteiger partial charge < -0.3 is 15.4 Å². The molecule has 4 nitrogen and oxygen atoms in total. The van der Waals surface area contributed by atoms with Gasteiger partial charge in [0, 0.05) is 24.7 Å². The van der Waals surface area contributed by atoms with Gasteiger partial charge in [0.05, 0.1) is 0 Å². The van der Waals surface area contributed by atoms with Crippen LogP contribution in [0.2, 0.25) is 0 Å². The van der Waals surface area contributed by atoms with Crippen LogP contribution < -0.4 is 10.6 Å². The van der Waals surface area contributed by atoms with Gasteiger partial charge in [0.25, 0.3) is 0 Å². The molecule has 2 rings (SSSR count). The van der Waals surface area contributed by atoms with Crippen molar-refractivity contribution in [3.63, 3.8) is 0 Å². The van der Waals surface area contributed by atoms with Gasteiger partial charge in [-0.2, -0.15) is 0 Å². The van der Waals surface area contributed by atoms with Crippen molar-refractivity contribution in [1.82, 2.24) is 10.6 Å². The highest BCUT2D eigenvalue weighted by Gasteiger charge is 2.34. The fourth-order valence-electron chi connectivity index (χ4n) is 2.97. The molecule has 0 aromatic carbocycles. The SMILES string of the molecule is CCCCOC(C)C(=O)NC1CC2CCC(C1)N2.Cl. The molecule has 3 unspecified atom stereocenters. The summed E-state index contributed by atoms with van der Waals surface area (Å²) in [6, 6.07) is 1.57. The van der Waals surface area contributed by atoms with Crippen molar-refractivity contribution >= 4 is 18.3 Å². The van der Waals surface area contributed by atoms with Crippen molar-refractivity contribution in [3.05, 3.63) is 0 Å². The summed E-state index contributed by atoms with van der Waals surface area (Å²) in [7, 11) is 0. The molecule has 0 aliphatic carbocycles. The first kappa shape index (κ1) is 16.7. The zero-order valence-electron chi connectivity index (χ0n) is 12.0. The lowest BCUT2D eigenvalue weighted by Crippen LogP contribution is -2.50. The van der Waals surface area contributed by atoms with Crippen molar-refractivity contribution in [2.45, 2.75) is 76.6 Å². The second-order valence-corrected chi connectivity index (χ2v) is 5.68. The van der Waals surface area contributed by atoms with Crippen LogP contribution >= 0.6 is 12.4 Å². The number of carbonyl (C=O) groups excluding carboxylic acids is 1. The van der Waals surface area contributed by atoms with Crippen LogP contribution in [-0.2, 0) is 9.53 Å². The van der Waals surface area contributed by atoms with Gasteiger partial charge in [0.2, 0.25) is 5.91 Å². The van der Waals surface area contributed by atoms with Crippen molar-refractivity contribution in [2.75, 3.05) is 6.61 Å². The van der Waals surface area contributed by atoms with Crippen LogP contribution in [0, 0.1) is 0 Å². The Kier molecular flexibility index (Phi) is 7.11. The van der Waals surface area contributed by atoms with E-state index in [0.29, 0.717) is 24.7 Å². The minimum Gasteiger partial charge on any atom is -0.369 e. The molecule has 2 N–H and O–H groups in total. The van der Waals surface area contributed by atoms with Crippen molar-refractivity contribution < 1.29 is 9.53 Å². The predicted molar refractivity (Wildman–Crippen MR) is 78.7 cm³/mol. The molecule has 3 atom stereocenters. The lowest BCUT2D eigenvalue weighted by Gasteiger charge is -2.30. The first-order valence-electron chi connectivity index (χ1n) is 7.37. The summed E-state index contributed by atoms with van der Waals surface area (Å²) >= 11 is 0. The Hall–Kier alpha value is -0.320. The molecule has 0 aromatic heterocycles. The van der Waals surface area contributed by atoms with E-state index in [1.165, 1.54) is 12.8 Å². The van der Waals surface area contributed by atoms with Gasteiger partial charge in [0.1, 0.15) is 6.10 Å². The number of fused-ring (bicyclic) bond motifs is 2. The quantitative estimate of drug-likeness (QED) is 0.736. The second-order valence-electron chi connectivity index (χ2n) is 5.68. The van der Waals surface area contributed by atoms with E-state index in [1.807, 2.05) is 6.92 Å². The van der Waals surface area contributed by atoms with Gasteiger partial charge >= 0.3 is 0 Å². The maximum atomic E-state index is 12.0. The highest BCUT2D eigenvalue weighted by molar-refractivity contribution is 5.85. The van der Waals surface area contributed by atoms with Crippen LogP contribution in [0.4, 0.5) is 0 Å². The van der Waals surface area contributed by atoms with Gasteiger partial charge in [-0.15, -0.1) is 12.4 Å². The maximum Gasteiger partial charge on any atom is 0.249 e. The predicted octanol–water partition coefficient (Wildman–Crippen LogP) is 2.01. The zero-order valence-corrected chi connectivity index (χ0v) is 12.8. The Morgan fingerprint density at radius 3 is 2.58 bits per heavy atom. The first-order chi connectivity index (χ1) is 8.69. The van der Waals surface area contributed by atoms with E-state index in [9.17, 15) is 4.79 Å². The lowest BCUT2D eigenvalue weighted by molar-refractivity contribution is -0.132. The maximum absolute atomic E-state index is 12.0. The van der Waals surface area contributed by atoms with E-state index >= 15 is 0 Å². The number of ether oxygens (including phenoxy) is 1. The largest absolute Gasteiger partial charge is 0.369 e. The topological polar surface area (TPSA) is 50.4 Å². The Morgan fingerprint density at radius 2 is 2.00 bits per heavy atom. The summed E-state index contributed by atoms with van der Waals surface area (Å²) in [5.74, 6) is 0.0532. The van der Waals surface area contributed by atoms with Crippen LogP contribution in [-0.4, -0.2) is 36.7 Å². The third-order valence-electron chi connectivity index (χ3n) is 4.05. The molecule has 2 saturated heterocycles. The smallest absolute Gasteiger partial charge is 0.249 e. The molecule has 0 spiro atoms. The monoisotopic (exact) mass is 290 g/mol. The van der Waals surface area contributed by atoms with Gasteiger partial charge in [-0.25, -0.2) is 0 Å². The highest BCUT2D eigenvalue weighted by Crippen LogP contribution is 2.26. The Balaban J connectivity index is 0.00000180. The molecular weight excluding hydrogens is 264 g/mol. The normalized spacial score (nSPS) is 30.5. The molecule has 2 fully saturated rings. The van der Waals surface area contributed by atoms with Gasteiger partial charge in [-0.3, -0.25) is 4.79 Å². The third kappa shape index (κ3) is 4.93. The summed E-state index contributed by atoms with van der Waals surface area (Å²) in [5.41, 5.74) is 0. The number of carbonyl (C=O) groups is 1. The molecule has 0 radical (unpaired) electrons. The number of hydrogen-bond donors (Lipinski definition) is 2. The third-order valence-corrected chi connectivity index (χ3v) is 4.05. The fourth-order valence-corrected chi connectivity index (χ4v) is 2.97. The molecule has 0 aromatic rings. The summed E-state index contributed by atoms with van der Waals surface area (Å²) in [6.07, 6.45) is 6.48. The molecule has 1 amide bonds. The standard InChI is InChI=1S/C14H26N2O2.ClH/c1-3-4-7-18-10(2)14(17)16-13-8-11-5-6-12(9-13)15-11;/h10-13,15H,3-9H2,1-2H3,(H,16,17);1H. The molecular formula is C14H27ClN2O2. The van der Waals surface area contributed by atoms with Gasteiger partial charge in [-0.05, 0) is 39.0 Å². The highest BCUT2D eigenvalue weighted by atomic mass is 35.5. The Morgan fingerprint density at radius 1 is 1.37 bits per heavy atom. The van der Waals surface area contributed by atoms with Gasteiger partial charge in [0.15, 0.2) is 0 Å². The Bertz CT molecular complexity index is 277. The molecule has 112 valence electrons. The average Bonchev–Trinajstić information content (AvgIpc) is 2.69. The average molecular weight is 291 g/mol. The van der Waals surface area contributed by atoms with Crippen molar-refractivity contribution in [2.24, 2.45) is 0 Å². The van der Waals surface area contributed by atoms with Gasteiger partial charge in [-0.1, -0.05) is 13.3 Å². The zero-order chi connectivity index (χ0) is 13.0. The molecule has 0 saturated carbocycles. The summed E-state index contributed by atoms with van der Waals surface area (Å²) in [4.78, 5) is 12.0. The summed E-state index contributed by atoms with van der Waals surface area (Å²) in [5, 5.41) is 6.72. The number of rotatable bonds is 6. The van der Waals surface area contributed by atoms with Crippen LogP contribution in [0.5, 0.6) is 0 Å². The van der Waals surface area contributed by atoms with E-state index in [4.69, 9.17) is 4.74 Å². The van der Waals surface area contributed by atoms with E-state index in [-0.39, 0.29) is 24.4 Å². The fraction of sp³-hybridized carbons (Fsp3) is 0.929. The van der Waals surface area contributed by atoms with Crippen LogP contribution in [0.3, 0.4) is 0 Å². The molecule has 2 aliphatic heterocycles. The van der Waals surface area contributed by atoms with Crippen LogP contribution in [0.15, 0.2) is 0 Å². The Labute approximate surface area is 122 Å². The number of unbranched alkanes of at least 4 members (excludes halogenated alkanes) is 1. The number of piperidine rings is 1. The van der Waals surface area contributed by atoms with E-state index in [1.54, 1.807) is 0 Å². The molecule has 2 aliphatic rings. The van der Waals surface area contributed by atoms with Crippen LogP contribution in [0.1, 0.15) is 52.4 Å². The van der Waals surface area contributed by atoms with E-state index < -0.39 is 0 Å². The van der Waals surface area contributed by atoms with E-state index in [2.05, 4.69) is 17.6 Å². The summed E-state index contributed by atoms with van der Waals surface area (Å²) in [6.45, 7) is 4.65. The van der Waals surface area contributed by atoms with Crippen molar-refractivity contribution in [1.29, 1.82) is 0 Å². The molecule has 19 heavy (non-hydrogen) atoms. The minimum absolute atomic E-state index is 0. The number of halogens is 1. The number of nitrogens with one attached hydrogen (secondary N) is 2. The van der Waals surface area contributed by atoms with Crippen molar-refractivity contribution in [3.8, 4) is 0 Å². The molecule has 5 heteroatoms. The molecule has 2 bridgehead atoms. The van der Waals surface area contributed by atoms with Crippen LogP contribution in [0.25, 0.3) is 0 Å². The summed E-state index contributed by atoms with van der Waals surface area (Å²) < 4.78 is 5.53. The lowest BCUT2D eigenvalue weighted by atomic mass is 9.99. The first-order valence-corrected chi connectivity index (χ1v) is 7.37. The molecule has 2 heterocycles. The second kappa shape index (κ2) is 8.08. The van der Waals surface area contributed by atoms with E-state index in [0.717, 1.165) is 25.7 Å². The number of hydrogen-bond acceptors (Lipinski definition) is 3. The number of amides is 1.